The molecular formula is C15H15N3O4S. The number of hydrogen-bond acceptors (Lipinski definition) is 5. The number of nitrogens with one attached hydrogen (secondary N) is 1. The van der Waals surface area contributed by atoms with Crippen molar-refractivity contribution in [2.75, 3.05) is 13.1 Å². The first-order chi connectivity index (χ1) is 11.0. The molecule has 0 amide bonds. The SMILES string of the molecule is O=C(O)c1nn(C2CCNC2)c2c1CS(=O)(=O)c1ccccc1-2. The Bertz CT molecular complexity index is 911. The minimum Gasteiger partial charge on any atom is -0.476 e. The average molecular weight is 333 g/mol. The van der Waals surface area contributed by atoms with E-state index in [1.165, 1.54) is 0 Å². The van der Waals surface area contributed by atoms with Crippen LogP contribution in [0.1, 0.15) is 28.5 Å². The molecule has 0 saturated carbocycles. The summed E-state index contributed by atoms with van der Waals surface area (Å²) in [7, 11) is -3.55. The van der Waals surface area contributed by atoms with Gasteiger partial charge in [0.1, 0.15) is 0 Å². The maximum atomic E-state index is 12.5. The van der Waals surface area contributed by atoms with Gasteiger partial charge in [0, 0.05) is 17.7 Å². The molecule has 1 atom stereocenters. The van der Waals surface area contributed by atoms with Crippen LogP contribution in [0.25, 0.3) is 11.3 Å². The van der Waals surface area contributed by atoms with E-state index in [1.54, 1.807) is 28.9 Å². The van der Waals surface area contributed by atoms with E-state index in [0.717, 1.165) is 13.0 Å². The van der Waals surface area contributed by atoms with Crippen molar-refractivity contribution in [3.05, 3.63) is 35.5 Å². The number of aromatic nitrogens is 2. The Hall–Kier alpha value is -2.19. The van der Waals surface area contributed by atoms with E-state index in [1.807, 2.05) is 0 Å². The Balaban J connectivity index is 2.04. The van der Waals surface area contributed by atoms with Crippen molar-refractivity contribution in [3.8, 4) is 11.3 Å². The molecule has 120 valence electrons. The van der Waals surface area contributed by atoms with Gasteiger partial charge in [-0.1, -0.05) is 18.2 Å². The van der Waals surface area contributed by atoms with Crippen LogP contribution in [0.3, 0.4) is 0 Å². The van der Waals surface area contributed by atoms with Gasteiger partial charge in [-0.05, 0) is 19.0 Å². The molecule has 3 heterocycles. The van der Waals surface area contributed by atoms with Gasteiger partial charge in [-0.3, -0.25) is 4.68 Å². The van der Waals surface area contributed by atoms with E-state index in [4.69, 9.17) is 0 Å². The average Bonchev–Trinajstić information content (AvgIpc) is 3.13. The smallest absolute Gasteiger partial charge is 0.356 e. The lowest BCUT2D eigenvalue weighted by molar-refractivity contribution is 0.0688. The van der Waals surface area contributed by atoms with Crippen LogP contribution in [0.4, 0.5) is 0 Å². The van der Waals surface area contributed by atoms with Crippen molar-refractivity contribution in [3.63, 3.8) is 0 Å². The molecule has 0 aliphatic carbocycles. The van der Waals surface area contributed by atoms with E-state index < -0.39 is 15.8 Å². The van der Waals surface area contributed by atoms with Gasteiger partial charge in [0.25, 0.3) is 0 Å². The summed E-state index contributed by atoms with van der Waals surface area (Å²) >= 11 is 0. The minimum atomic E-state index is -3.55. The second-order valence-electron chi connectivity index (χ2n) is 5.83. The van der Waals surface area contributed by atoms with Crippen molar-refractivity contribution in [2.45, 2.75) is 23.1 Å². The number of carbonyl (C=O) groups is 1. The van der Waals surface area contributed by atoms with Gasteiger partial charge in [0.15, 0.2) is 15.5 Å². The lowest BCUT2D eigenvalue weighted by Gasteiger charge is -2.21. The van der Waals surface area contributed by atoms with Crippen LogP contribution in [0, 0.1) is 0 Å². The van der Waals surface area contributed by atoms with Crippen LogP contribution in [0.5, 0.6) is 0 Å². The van der Waals surface area contributed by atoms with Gasteiger partial charge in [-0.15, -0.1) is 0 Å². The van der Waals surface area contributed by atoms with E-state index in [-0.39, 0.29) is 22.4 Å². The fraction of sp³-hybridized carbons (Fsp3) is 0.333. The van der Waals surface area contributed by atoms with E-state index in [0.29, 0.717) is 23.4 Å². The molecule has 2 aliphatic heterocycles. The third kappa shape index (κ3) is 2.09. The summed E-state index contributed by atoms with van der Waals surface area (Å²) in [5.74, 6) is -1.51. The number of rotatable bonds is 2. The highest BCUT2D eigenvalue weighted by molar-refractivity contribution is 7.90. The third-order valence-electron chi connectivity index (χ3n) is 4.40. The van der Waals surface area contributed by atoms with Crippen LogP contribution in [0.2, 0.25) is 0 Å². The molecule has 2 aliphatic rings. The fourth-order valence-corrected chi connectivity index (χ4v) is 4.97. The summed E-state index contributed by atoms with van der Waals surface area (Å²) < 4.78 is 26.7. The molecular weight excluding hydrogens is 318 g/mol. The van der Waals surface area contributed by atoms with Crippen molar-refractivity contribution in [2.24, 2.45) is 0 Å². The predicted molar refractivity (Wildman–Crippen MR) is 82.0 cm³/mol. The van der Waals surface area contributed by atoms with Crippen LogP contribution in [0.15, 0.2) is 29.2 Å². The molecule has 8 heteroatoms. The second kappa shape index (κ2) is 4.90. The Morgan fingerprint density at radius 3 is 2.83 bits per heavy atom. The van der Waals surface area contributed by atoms with Crippen molar-refractivity contribution in [1.29, 1.82) is 0 Å². The normalized spacial score (nSPS) is 21.7. The van der Waals surface area contributed by atoms with Gasteiger partial charge < -0.3 is 10.4 Å². The number of carboxylic acids is 1. The number of aromatic carboxylic acids is 1. The second-order valence-corrected chi connectivity index (χ2v) is 7.79. The number of sulfone groups is 1. The molecule has 0 radical (unpaired) electrons. The molecule has 7 nitrogen and oxygen atoms in total. The van der Waals surface area contributed by atoms with E-state index >= 15 is 0 Å². The lowest BCUT2D eigenvalue weighted by atomic mass is 10.1. The zero-order valence-electron chi connectivity index (χ0n) is 12.2. The number of benzene rings is 1. The van der Waals surface area contributed by atoms with E-state index in [2.05, 4.69) is 10.4 Å². The summed E-state index contributed by atoms with van der Waals surface area (Å²) in [4.78, 5) is 11.8. The highest BCUT2D eigenvalue weighted by Gasteiger charge is 2.37. The molecule has 4 rings (SSSR count). The van der Waals surface area contributed by atoms with Crippen molar-refractivity contribution in [1.82, 2.24) is 15.1 Å². The summed E-state index contributed by atoms with van der Waals surface area (Å²) in [6.45, 7) is 1.53. The van der Waals surface area contributed by atoms with Gasteiger partial charge in [-0.2, -0.15) is 5.10 Å². The summed E-state index contributed by atoms with van der Waals surface area (Å²) in [5, 5.41) is 16.9. The molecule has 1 fully saturated rings. The molecule has 2 N–H and O–H groups in total. The highest BCUT2D eigenvalue weighted by atomic mass is 32.2. The fourth-order valence-electron chi connectivity index (χ4n) is 3.38. The van der Waals surface area contributed by atoms with Gasteiger partial charge >= 0.3 is 5.97 Å². The van der Waals surface area contributed by atoms with Gasteiger partial charge in [-0.25, -0.2) is 13.2 Å². The van der Waals surface area contributed by atoms with Crippen molar-refractivity contribution >= 4 is 15.8 Å². The van der Waals surface area contributed by atoms with Crippen LogP contribution in [-0.2, 0) is 15.6 Å². The Morgan fingerprint density at radius 2 is 2.13 bits per heavy atom. The van der Waals surface area contributed by atoms with Gasteiger partial charge in [0.05, 0.1) is 22.4 Å². The Kier molecular flexibility index (Phi) is 3.07. The maximum Gasteiger partial charge on any atom is 0.356 e. The highest BCUT2D eigenvalue weighted by Crippen LogP contribution is 2.41. The first-order valence-corrected chi connectivity index (χ1v) is 9.02. The number of carboxylic acid groups (broad SMARTS) is 1. The van der Waals surface area contributed by atoms with Crippen LogP contribution in [-0.4, -0.2) is 42.4 Å². The van der Waals surface area contributed by atoms with Gasteiger partial charge in [0.2, 0.25) is 0 Å². The first-order valence-electron chi connectivity index (χ1n) is 7.36. The predicted octanol–water partition coefficient (Wildman–Crippen LogP) is 1.07. The topological polar surface area (TPSA) is 101 Å². The zero-order chi connectivity index (χ0) is 16.2. The standard InChI is InChI=1S/C15H15N3O4S/c19-15(20)13-11-8-23(21,22)12-4-2-1-3-10(12)14(11)18(17-13)9-5-6-16-7-9/h1-4,9,16H,5-8H2,(H,19,20). The monoisotopic (exact) mass is 333 g/mol. The number of nitrogens with zero attached hydrogens (tertiary/aromatic N) is 2. The molecule has 1 unspecified atom stereocenters. The molecule has 23 heavy (non-hydrogen) atoms. The Morgan fingerprint density at radius 1 is 1.35 bits per heavy atom. The van der Waals surface area contributed by atoms with Crippen LogP contribution < -0.4 is 5.32 Å². The largest absolute Gasteiger partial charge is 0.476 e. The number of hydrogen-bond donors (Lipinski definition) is 2. The third-order valence-corrected chi connectivity index (χ3v) is 6.10. The molecule has 1 aromatic carbocycles. The molecule has 1 saturated heterocycles. The molecule has 0 bridgehead atoms. The Labute approximate surface area is 132 Å². The summed E-state index contributed by atoms with van der Waals surface area (Å²) in [5.41, 5.74) is 1.30. The zero-order valence-corrected chi connectivity index (χ0v) is 13.0. The van der Waals surface area contributed by atoms with Crippen molar-refractivity contribution < 1.29 is 18.3 Å². The molecule has 1 aromatic heterocycles. The number of fused-ring (bicyclic) bond motifs is 3. The summed E-state index contributed by atoms with van der Waals surface area (Å²) in [6, 6.07) is 6.76. The first kappa shape index (κ1) is 14.4. The molecule has 2 aromatic rings. The summed E-state index contributed by atoms with van der Waals surface area (Å²) in [6.07, 6.45) is 0.835. The lowest BCUT2D eigenvalue weighted by Crippen LogP contribution is -2.18. The minimum absolute atomic E-state index is 0.0331. The quantitative estimate of drug-likeness (QED) is 0.852. The molecule has 0 spiro atoms. The van der Waals surface area contributed by atoms with Crippen LogP contribution >= 0.6 is 0 Å². The maximum absolute atomic E-state index is 12.5. The van der Waals surface area contributed by atoms with E-state index in [9.17, 15) is 18.3 Å².